The van der Waals surface area contributed by atoms with E-state index in [1.807, 2.05) is 0 Å². The summed E-state index contributed by atoms with van der Waals surface area (Å²) in [4.78, 5) is 25.3. The normalized spacial score (nSPS) is 17.7. The van der Waals surface area contributed by atoms with Crippen molar-refractivity contribution in [1.82, 2.24) is 4.90 Å². The van der Waals surface area contributed by atoms with Gasteiger partial charge in [-0.3, -0.25) is 9.59 Å². The zero-order valence-corrected chi connectivity index (χ0v) is 12.6. The van der Waals surface area contributed by atoms with Gasteiger partial charge in [0.1, 0.15) is 0 Å². The molecule has 0 radical (unpaired) electrons. The third-order valence-electron chi connectivity index (χ3n) is 3.40. The van der Waals surface area contributed by atoms with Gasteiger partial charge >= 0.3 is 5.97 Å². The van der Waals surface area contributed by atoms with Gasteiger partial charge in [0.05, 0.1) is 31.5 Å². The monoisotopic (exact) mass is 315 g/mol. The van der Waals surface area contributed by atoms with E-state index in [9.17, 15) is 9.59 Å². The average molecular weight is 316 g/mol. The molecule has 1 amide bonds. The largest absolute Gasteiger partial charge is 0.469 e. The second-order valence-electron chi connectivity index (χ2n) is 4.82. The molecule has 1 saturated heterocycles. The van der Waals surface area contributed by atoms with Gasteiger partial charge in [0.15, 0.2) is 0 Å². The highest BCUT2D eigenvalue weighted by Gasteiger charge is 2.26. The molecule has 0 saturated carbocycles. The predicted molar refractivity (Wildman–Crippen MR) is 75.2 cm³/mol. The Balaban J connectivity index is 2.04. The second-order valence-corrected chi connectivity index (χ2v) is 5.16. The number of methoxy groups -OCH3 is 1. The maximum atomic E-state index is 12.5. The Hall–Kier alpha value is -1.53. The summed E-state index contributed by atoms with van der Waals surface area (Å²) in [6.45, 7) is 1.39. The number of amides is 1. The molecular weight excluding hydrogens is 298 g/mol. The van der Waals surface area contributed by atoms with Gasteiger partial charge in [-0.1, -0.05) is 0 Å². The number of nitrogens with zero attached hydrogens (tertiary/aromatic N) is 1. The molecule has 2 heterocycles. The van der Waals surface area contributed by atoms with Gasteiger partial charge in [-0.25, -0.2) is 0 Å². The van der Waals surface area contributed by atoms with Crippen molar-refractivity contribution in [3.05, 3.63) is 23.1 Å². The quantitative estimate of drug-likeness (QED) is 0.752. The van der Waals surface area contributed by atoms with Crippen molar-refractivity contribution in [3.8, 4) is 0 Å². The molecular formula is C14H18ClNO5. The van der Waals surface area contributed by atoms with E-state index < -0.39 is 0 Å². The maximum absolute atomic E-state index is 12.5. The van der Waals surface area contributed by atoms with E-state index in [0.29, 0.717) is 18.7 Å². The number of carbonyl (C=O) groups excluding carboxylic acids is 2. The first-order valence-corrected chi connectivity index (χ1v) is 7.20. The number of esters is 1. The fourth-order valence-electron chi connectivity index (χ4n) is 2.25. The van der Waals surface area contributed by atoms with Crippen molar-refractivity contribution in [1.29, 1.82) is 0 Å². The molecule has 0 aromatic carbocycles. The lowest BCUT2D eigenvalue weighted by Gasteiger charge is -2.24. The highest BCUT2D eigenvalue weighted by Crippen LogP contribution is 2.21. The van der Waals surface area contributed by atoms with Crippen molar-refractivity contribution < 1.29 is 23.5 Å². The Morgan fingerprint density at radius 3 is 2.90 bits per heavy atom. The Bertz CT molecular complexity index is 495. The Morgan fingerprint density at radius 1 is 1.52 bits per heavy atom. The summed E-state index contributed by atoms with van der Waals surface area (Å²) < 4.78 is 15.1. The summed E-state index contributed by atoms with van der Waals surface area (Å²) >= 11 is 5.85. The maximum Gasteiger partial charge on any atom is 0.307 e. The number of rotatable bonds is 6. The van der Waals surface area contributed by atoms with Crippen LogP contribution in [0.5, 0.6) is 0 Å². The number of hydrogen-bond donors (Lipinski definition) is 0. The zero-order chi connectivity index (χ0) is 15.2. The van der Waals surface area contributed by atoms with E-state index in [1.165, 1.54) is 19.4 Å². The summed E-state index contributed by atoms with van der Waals surface area (Å²) in [7, 11) is 1.32. The van der Waals surface area contributed by atoms with Crippen LogP contribution in [-0.4, -0.2) is 49.7 Å². The molecule has 1 aliphatic rings. The summed E-state index contributed by atoms with van der Waals surface area (Å²) in [5.41, 5.74) is 0.291. The fourth-order valence-corrected chi connectivity index (χ4v) is 2.45. The summed E-state index contributed by atoms with van der Waals surface area (Å²) in [5, 5.41) is 0.0513. The molecule has 116 valence electrons. The van der Waals surface area contributed by atoms with E-state index >= 15 is 0 Å². The second kappa shape index (κ2) is 7.47. The van der Waals surface area contributed by atoms with Gasteiger partial charge in [0.25, 0.3) is 5.91 Å². The number of furan rings is 1. The minimum absolute atomic E-state index is 0.00252. The van der Waals surface area contributed by atoms with Crippen molar-refractivity contribution >= 4 is 23.5 Å². The van der Waals surface area contributed by atoms with Gasteiger partial charge in [0, 0.05) is 19.7 Å². The van der Waals surface area contributed by atoms with E-state index in [0.717, 1.165) is 12.8 Å². The Labute approximate surface area is 127 Å². The molecule has 6 nitrogen and oxygen atoms in total. The van der Waals surface area contributed by atoms with Gasteiger partial charge in [-0.05, 0) is 30.5 Å². The van der Waals surface area contributed by atoms with Crippen LogP contribution in [0.25, 0.3) is 0 Å². The van der Waals surface area contributed by atoms with Gasteiger partial charge < -0.3 is 18.8 Å². The van der Waals surface area contributed by atoms with Crippen LogP contribution < -0.4 is 0 Å². The number of ether oxygens (including phenoxy) is 2. The van der Waals surface area contributed by atoms with Crippen LogP contribution in [0.1, 0.15) is 29.6 Å². The van der Waals surface area contributed by atoms with Gasteiger partial charge in [-0.15, -0.1) is 0 Å². The van der Waals surface area contributed by atoms with Gasteiger partial charge in [-0.2, -0.15) is 0 Å². The third-order valence-corrected chi connectivity index (χ3v) is 3.69. The molecule has 21 heavy (non-hydrogen) atoms. The first kappa shape index (κ1) is 15.9. The summed E-state index contributed by atoms with van der Waals surface area (Å²) in [6, 6.07) is 1.52. The summed E-state index contributed by atoms with van der Waals surface area (Å²) in [6.07, 6.45) is 3.37. The number of halogens is 1. The molecule has 0 aliphatic carbocycles. The molecule has 0 bridgehead atoms. The molecule has 0 N–H and O–H groups in total. The summed E-state index contributed by atoms with van der Waals surface area (Å²) in [5.74, 6) is -0.633. The molecule has 1 aromatic rings. The molecule has 1 atom stereocenters. The van der Waals surface area contributed by atoms with Crippen LogP contribution in [0.15, 0.2) is 16.7 Å². The van der Waals surface area contributed by atoms with Crippen LogP contribution in [0.4, 0.5) is 0 Å². The van der Waals surface area contributed by atoms with Crippen LogP contribution in [-0.2, 0) is 14.3 Å². The Morgan fingerprint density at radius 2 is 2.33 bits per heavy atom. The first-order chi connectivity index (χ1) is 10.1. The molecule has 1 fully saturated rings. The number of carbonyl (C=O) groups is 2. The standard InChI is InChI=1S/C14H18ClNO5/c1-19-12(17)4-6-16(9-10-3-2-7-20-10)14(18)11-5-8-21-13(11)15/h5,8,10H,2-4,6-7,9H2,1H3. The molecule has 0 spiro atoms. The average Bonchev–Trinajstić information content (AvgIpc) is 3.13. The number of hydrogen-bond acceptors (Lipinski definition) is 5. The highest BCUT2D eigenvalue weighted by molar-refractivity contribution is 6.32. The van der Waals surface area contributed by atoms with Gasteiger partial charge in [0.2, 0.25) is 5.22 Å². The minimum atomic E-state index is -0.363. The van der Waals surface area contributed by atoms with E-state index in [-0.39, 0.29) is 36.2 Å². The highest BCUT2D eigenvalue weighted by atomic mass is 35.5. The first-order valence-electron chi connectivity index (χ1n) is 6.82. The molecule has 1 unspecified atom stereocenters. The lowest BCUT2D eigenvalue weighted by Crippen LogP contribution is -2.38. The smallest absolute Gasteiger partial charge is 0.307 e. The van der Waals surface area contributed by atoms with Crippen molar-refractivity contribution in [3.63, 3.8) is 0 Å². The molecule has 2 rings (SSSR count). The Kier molecular flexibility index (Phi) is 5.64. The van der Waals surface area contributed by atoms with Crippen molar-refractivity contribution in [2.24, 2.45) is 0 Å². The zero-order valence-electron chi connectivity index (χ0n) is 11.8. The predicted octanol–water partition coefficient (Wildman–Crippen LogP) is 2.12. The third kappa shape index (κ3) is 4.22. The minimum Gasteiger partial charge on any atom is -0.469 e. The van der Waals surface area contributed by atoms with Crippen LogP contribution in [0, 0.1) is 0 Å². The van der Waals surface area contributed by atoms with Crippen molar-refractivity contribution in [2.45, 2.75) is 25.4 Å². The van der Waals surface area contributed by atoms with E-state index in [1.54, 1.807) is 4.90 Å². The van der Waals surface area contributed by atoms with Crippen LogP contribution in [0.2, 0.25) is 5.22 Å². The van der Waals surface area contributed by atoms with Crippen molar-refractivity contribution in [2.75, 3.05) is 26.8 Å². The fraction of sp³-hybridized carbons (Fsp3) is 0.571. The van der Waals surface area contributed by atoms with Crippen LogP contribution in [0.3, 0.4) is 0 Å². The topological polar surface area (TPSA) is 69.0 Å². The van der Waals surface area contributed by atoms with E-state index in [4.69, 9.17) is 20.8 Å². The molecule has 7 heteroatoms. The van der Waals surface area contributed by atoms with E-state index in [2.05, 4.69) is 4.74 Å². The molecule has 1 aromatic heterocycles. The lowest BCUT2D eigenvalue weighted by molar-refractivity contribution is -0.140. The lowest BCUT2D eigenvalue weighted by atomic mass is 10.2. The SMILES string of the molecule is COC(=O)CCN(CC1CCCO1)C(=O)c1ccoc1Cl. The van der Waals surface area contributed by atoms with Crippen LogP contribution >= 0.6 is 11.6 Å². The molecule has 1 aliphatic heterocycles.